The van der Waals surface area contributed by atoms with Gasteiger partial charge in [0.25, 0.3) is 5.91 Å². The van der Waals surface area contributed by atoms with E-state index in [9.17, 15) is 13.2 Å². The molecule has 0 aliphatic rings. The molecule has 0 radical (unpaired) electrons. The SMILES string of the molecule is CCS(=O)(=O)Nc1cccc(C(=O)Nc2ccc(CC#N)cc2)c1. The summed E-state index contributed by atoms with van der Waals surface area (Å²) in [7, 11) is -3.39. The zero-order chi connectivity index (χ0) is 17.6. The Balaban J connectivity index is 2.11. The van der Waals surface area contributed by atoms with E-state index in [1.54, 1.807) is 42.5 Å². The third kappa shape index (κ3) is 4.83. The van der Waals surface area contributed by atoms with Crippen molar-refractivity contribution < 1.29 is 13.2 Å². The van der Waals surface area contributed by atoms with Crippen LogP contribution in [0.25, 0.3) is 0 Å². The normalized spacial score (nSPS) is 10.7. The van der Waals surface area contributed by atoms with Gasteiger partial charge in [0.1, 0.15) is 0 Å². The molecule has 2 aromatic carbocycles. The van der Waals surface area contributed by atoms with Gasteiger partial charge in [0.15, 0.2) is 0 Å². The molecule has 124 valence electrons. The fraction of sp³-hybridized carbons (Fsp3) is 0.176. The number of hydrogen-bond acceptors (Lipinski definition) is 4. The fourth-order valence-corrected chi connectivity index (χ4v) is 2.61. The third-order valence-electron chi connectivity index (χ3n) is 3.27. The number of amides is 1. The van der Waals surface area contributed by atoms with Crippen LogP contribution in [-0.4, -0.2) is 20.1 Å². The van der Waals surface area contributed by atoms with Gasteiger partial charge in [-0.1, -0.05) is 18.2 Å². The second-order valence-electron chi connectivity index (χ2n) is 5.07. The average molecular weight is 343 g/mol. The summed E-state index contributed by atoms with van der Waals surface area (Å²) >= 11 is 0. The largest absolute Gasteiger partial charge is 0.322 e. The molecule has 0 bridgehead atoms. The first-order valence-electron chi connectivity index (χ1n) is 7.31. The maximum atomic E-state index is 12.3. The van der Waals surface area contributed by atoms with Crippen LogP contribution in [0.5, 0.6) is 0 Å². The van der Waals surface area contributed by atoms with Crippen LogP contribution in [0.2, 0.25) is 0 Å². The number of hydrogen-bond donors (Lipinski definition) is 2. The van der Waals surface area contributed by atoms with Crippen LogP contribution in [0.3, 0.4) is 0 Å². The van der Waals surface area contributed by atoms with E-state index in [1.807, 2.05) is 0 Å². The van der Waals surface area contributed by atoms with Gasteiger partial charge < -0.3 is 5.32 Å². The zero-order valence-electron chi connectivity index (χ0n) is 13.1. The number of nitriles is 1. The summed E-state index contributed by atoms with van der Waals surface area (Å²) in [6.07, 6.45) is 0.313. The molecule has 0 unspecified atom stereocenters. The molecule has 0 heterocycles. The molecule has 24 heavy (non-hydrogen) atoms. The first kappa shape index (κ1) is 17.5. The Bertz CT molecular complexity index is 869. The maximum Gasteiger partial charge on any atom is 0.255 e. The monoisotopic (exact) mass is 343 g/mol. The highest BCUT2D eigenvalue weighted by molar-refractivity contribution is 7.92. The minimum Gasteiger partial charge on any atom is -0.322 e. The molecule has 2 aromatic rings. The number of rotatable bonds is 6. The predicted molar refractivity (Wildman–Crippen MR) is 93.2 cm³/mol. The molecule has 0 spiro atoms. The summed E-state index contributed by atoms with van der Waals surface area (Å²) in [6, 6.07) is 15.3. The van der Waals surface area contributed by atoms with Crippen molar-refractivity contribution in [1.82, 2.24) is 0 Å². The Morgan fingerprint density at radius 2 is 1.83 bits per heavy atom. The van der Waals surface area contributed by atoms with Gasteiger partial charge in [-0.3, -0.25) is 9.52 Å². The maximum absolute atomic E-state index is 12.3. The highest BCUT2D eigenvalue weighted by Crippen LogP contribution is 2.15. The minimum atomic E-state index is -3.39. The van der Waals surface area contributed by atoms with Crippen molar-refractivity contribution in [2.45, 2.75) is 13.3 Å². The summed E-state index contributed by atoms with van der Waals surface area (Å²) in [5, 5.41) is 11.4. The van der Waals surface area contributed by atoms with Crippen molar-refractivity contribution in [1.29, 1.82) is 5.26 Å². The Labute approximate surface area is 141 Å². The molecule has 7 heteroatoms. The van der Waals surface area contributed by atoms with E-state index < -0.39 is 10.0 Å². The highest BCUT2D eigenvalue weighted by Gasteiger charge is 2.10. The second-order valence-corrected chi connectivity index (χ2v) is 7.08. The lowest BCUT2D eigenvalue weighted by Gasteiger charge is -2.09. The lowest BCUT2D eigenvalue weighted by molar-refractivity contribution is 0.102. The topological polar surface area (TPSA) is 99.1 Å². The number of benzene rings is 2. The molecule has 0 aromatic heterocycles. The second kappa shape index (κ2) is 7.62. The molecule has 6 nitrogen and oxygen atoms in total. The number of sulfonamides is 1. The van der Waals surface area contributed by atoms with Gasteiger partial charge >= 0.3 is 0 Å². The lowest BCUT2D eigenvalue weighted by atomic mass is 10.1. The molecular weight excluding hydrogens is 326 g/mol. The van der Waals surface area contributed by atoms with Gasteiger partial charge in [-0.2, -0.15) is 5.26 Å². The molecule has 0 fully saturated rings. The fourth-order valence-electron chi connectivity index (χ4n) is 1.98. The summed E-state index contributed by atoms with van der Waals surface area (Å²) in [4.78, 5) is 12.3. The lowest BCUT2D eigenvalue weighted by Crippen LogP contribution is -2.16. The van der Waals surface area contributed by atoms with Gasteiger partial charge in [0, 0.05) is 16.9 Å². The molecule has 2 rings (SSSR count). The Hall–Kier alpha value is -2.85. The number of anilines is 2. The molecule has 0 saturated carbocycles. The van der Waals surface area contributed by atoms with Gasteiger partial charge in [0.05, 0.1) is 18.2 Å². The van der Waals surface area contributed by atoms with Crippen LogP contribution >= 0.6 is 0 Å². The first-order chi connectivity index (χ1) is 11.4. The van der Waals surface area contributed by atoms with E-state index in [0.29, 0.717) is 23.4 Å². The van der Waals surface area contributed by atoms with Gasteiger partial charge in [-0.05, 0) is 42.8 Å². The zero-order valence-corrected chi connectivity index (χ0v) is 13.9. The van der Waals surface area contributed by atoms with E-state index in [0.717, 1.165) is 5.56 Å². The Morgan fingerprint density at radius 3 is 2.46 bits per heavy atom. The summed E-state index contributed by atoms with van der Waals surface area (Å²) in [5.74, 6) is -0.390. The third-order valence-corrected chi connectivity index (χ3v) is 4.58. The highest BCUT2D eigenvalue weighted by atomic mass is 32.2. The van der Waals surface area contributed by atoms with Crippen LogP contribution in [0, 0.1) is 11.3 Å². The minimum absolute atomic E-state index is 0.0432. The van der Waals surface area contributed by atoms with Crippen molar-refractivity contribution in [2.24, 2.45) is 0 Å². The Kier molecular flexibility index (Phi) is 5.55. The smallest absolute Gasteiger partial charge is 0.255 e. The van der Waals surface area contributed by atoms with Crippen LogP contribution in [-0.2, 0) is 16.4 Å². The van der Waals surface area contributed by atoms with Crippen molar-refractivity contribution in [3.05, 3.63) is 59.7 Å². The molecule has 0 atom stereocenters. The molecule has 2 N–H and O–H groups in total. The van der Waals surface area contributed by atoms with Crippen LogP contribution in [0.15, 0.2) is 48.5 Å². The number of carbonyl (C=O) groups excluding carboxylic acids is 1. The van der Waals surface area contributed by atoms with Crippen LogP contribution in [0.4, 0.5) is 11.4 Å². The summed E-state index contributed by atoms with van der Waals surface area (Å²) < 4.78 is 25.6. The van der Waals surface area contributed by atoms with E-state index in [-0.39, 0.29) is 11.7 Å². The molecule has 1 amide bonds. The first-order valence-corrected chi connectivity index (χ1v) is 8.96. The van der Waals surface area contributed by atoms with Crippen LogP contribution in [0.1, 0.15) is 22.8 Å². The molecule has 0 aliphatic heterocycles. The van der Waals surface area contributed by atoms with E-state index in [4.69, 9.17) is 5.26 Å². The van der Waals surface area contributed by atoms with Gasteiger partial charge in [0.2, 0.25) is 10.0 Å². The van der Waals surface area contributed by atoms with Crippen molar-refractivity contribution in [3.63, 3.8) is 0 Å². The number of nitrogens with zero attached hydrogens (tertiary/aromatic N) is 1. The average Bonchev–Trinajstić information content (AvgIpc) is 2.57. The summed E-state index contributed by atoms with van der Waals surface area (Å²) in [5.41, 5.74) is 2.15. The molecular formula is C17H17N3O3S. The van der Waals surface area contributed by atoms with Crippen molar-refractivity contribution >= 4 is 27.3 Å². The number of carbonyl (C=O) groups is 1. The van der Waals surface area contributed by atoms with E-state index in [2.05, 4.69) is 16.1 Å². The van der Waals surface area contributed by atoms with E-state index >= 15 is 0 Å². The Morgan fingerprint density at radius 1 is 1.12 bits per heavy atom. The van der Waals surface area contributed by atoms with Crippen molar-refractivity contribution in [2.75, 3.05) is 15.8 Å². The quantitative estimate of drug-likeness (QED) is 0.842. The number of nitrogens with one attached hydrogen (secondary N) is 2. The van der Waals surface area contributed by atoms with E-state index in [1.165, 1.54) is 13.0 Å². The standard InChI is InChI=1S/C17H17N3O3S/c1-2-24(22,23)20-16-5-3-4-14(12-16)17(21)19-15-8-6-13(7-9-15)10-11-18/h3-9,12,20H,2,10H2,1H3,(H,19,21). The molecule has 0 saturated heterocycles. The van der Waals surface area contributed by atoms with Gasteiger partial charge in [-0.15, -0.1) is 0 Å². The summed E-state index contributed by atoms with van der Waals surface area (Å²) in [6.45, 7) is 1.54. The predicted octanol–water partition coefficient (Wildman–Crippen LogP) is 2.77. The van der Waals surface area contributed by atoms with Crippen LogP contribution < -0.4 is 10.0 Å². The molecule has 0 aliphatic carbocycles. The van der Waals surface area contributed by atoms with Gasteiger partial charge in [-0.25, -0.2) is 8.42 Å². The van der Waals surface area contributed by atoms with Crippen molar-refractivity contribution in [3.8, 4) is 6.07 Å².